The highest BCUT2D eigenvalue weighted by molar-refractivity contribution is 5.64. The van der Waals surface area contributed by atoms with Gasteiger partial charge in [0.25, 0.3) is 0 Å². The van der Waals surface area contributed by atoms with Gasteiger partial charge in [0.15, 0.2) is 0 Å². The van der Waals surface area contributed by atoms with E-state index in [1.807, 2.05) is 0 Å². The fraction of sp³-hybridized carbons (Fsp3) is 0.282. The second-order valence-electron chi connectivity index (χ2n) is 10.6. The molecule has 0 fully saturated rings. The van der Waals surface area contributed by atoms with Crippen LogP contribution in [0.3, 0.4) is 0 Å². The first kappa shape index (κ1) is 29.9. The molecule has 0 amide bonds. The van der Waals surface area contributed by atoms with E-state index in [-0.39, 0.29) is 0 Å². The molecule has 0 saturated heterocycles. The summed E-state index contributed by atoms with van der Waals surface area (Å²) in [5.41, 5.74) is 13.3. The molecule has 3 aromatic rings. The molecular weight excluding hydrogens is 468 g/mol. The van der Waals surface area contributed by atoms with Crippen LogP contribution in [0.5, 0.6) is 0 Å². The monoisotopic (exact) mass is 514 g/mol. The fourth-order valence-electron chi connectivity index (χ4n) is 4.85. The van der Waals surface area contributed by atoms with Gasteiger partial charge in [0.1, 0.15) is 0 Å². The molecule has 0 aliphatic rings. The van der Waals surface area contributed by atoms with E-state index in [0.29, 0.717) is 5.92 Å². The first-order valence-electron chi connectivity index (χ1n) is 14.5. The van der Waals surface area contributed by atoms with Gasteiger partial charge in [0, 0.05) is 0 Å². The molecule has 202 valence electrons. The van der Waals surface area contributed by atoms with E-state index in [1.54, 1.807) is 0 Å². The maximum Gasteiger partial charge on any atom is -0.00856 e. The van der Waals surface area contributed by atoms with Crippen molar-refractivity contribution in [2.45, 2.75) is 73.6 Å². The molecule has 39 heavy (non-hydrogen) atoms. The van der Waals surface area contributed by atoms with Crippen molar-refractivity contribution in [3.63, 3.8) is 0 Å². The summed E-state index contributed by atoms with van der Waals surface area (Å²) in [7, 11) is 0. The van der Waals surface area contributed by atoms with Gasteiger partial charge in [0.05, 0.1) is 0 Å². The Morgan fingerprint density at radius 2 is 1.23 bits per heavy atom. The van der Waals surface area contributed by atoms with Crippen LogP contribution < -0.4 is 0 Å². The lowest BCUT2D eigenvalue weighted by Crippen LogP contribution is -1.96. The summed E-state index contributed by atoms with van der Waals surface area (Å²) in [5, 5.41) is 0. The van der Waals surface area contributed by atoms with Crippen LogP contribution in [-0.2, 0) is 0 Å². The molecule has 1 atom stereocenters. The summed E-state index contributed by atoms with van der Waals surface area (Å²) in [6, 6.07) is 26.0. The highest BCUT2D eigenvalue weighted by Crippen LogP contribution is 2.29. The maximum atomic E-state index is 2.34. The fourth-order valence-corrected chi connectivity index (χ4v) is 4.85. The lowest BCUT2D eigenvalue weighted by atomic mass is 9.90. The van der Waals surface area contributed by atoms with Crippen LogP contribution in [-0.4, -0.2) is 0 Å². The van der Waals surface area contributed by atoms with Crippen LogP contribution in [0.1, 0.15) is 93.2 Å². The molecule has 3 rings (SSSR count). The predicted octanol–water partition coefficient (Wildman–Crippen LogP) is 11.7. The number of benzene rings is 3. The molecule has 0 aliphatic carbocycles. The van der Waals surface area contributed by atoms with Crippen molar-refractivity contribution < 1.29 is 0 Å². The maximum absolute atomic E-state index is 2.34. The Kier molecular flexibility index (Phi) is 11.6. The quantitative estimate of drug-likeness (QED) is 0.223. The first-order valence-corrected chi connectivity index (χ1v) is 14.5. The molecule has 0 aliphatic heterocycles. The second kappa shape index (κ2) is 15.1. The molecule has 0 radical (unpaired) electrons. The lowest BCUT2D eigenvalue weighted by molar-refractivity contribution is 0.732. The Morgan fingerprint density at radius 1 is 0.692 bits per heavy atom. The summed E-state index contributed by atoms with van der Waals surface area (Å²) in [6.07, 6.45) is 16.9. The number of hydrogen-bond acceptors (Lipinski definition) is 0. The Hall–Kier alpha value is -3.64. The summed E-state index contributed by atoms with van der Waals surface area (Å²) >= 11 is 0. The minimum atomic E-state index is 0.543. The zero-order chi connectivity index (χ0) is 28.2. The Balaban J connectivity index is 2.08. The summed E-state index contributed by atoms with van der Waals surface area (Å²) in [6.45, 7) is 15.7. The summed E-state index contributed by atoms with van der Waals surface area (Å²) < 4.78 is 0. The van der Waals surface area contributed by atoms with Crippen LogP contribution in [0.4, 0.5) is 0 Å². The Bertz CT molecular complexity index is 1390. The van der Waals surface area contributed by atoms with Crippen molar-refractivity contribution in [2.75, 3.05) is 0 Å². The lowest BCUT2D eigenvalue weighted by Gasteiger charge is -2.15. The number of hydrogen-bond donors (Lipinski definition) is 0. The molecule has 0 N–H and O–H groups in total. The average Bonchev–Trinajstić information content (AvgIpc) is 2.96. The van der Waals surface area contributed by atoms with Gasteiger partial charge in [0.2, 0.25) is 0 Å². The average molecular weight is 515 g/mol. The van der Waals surface area contributed by atoms with Crippen molar-refractivity contribution in [2.24, 2.45) is 0 Å². The van der Waals surface area contributed by atoms with Crippen molar-refractivity contribution in [3.05, 3.63) is 147 Å². The molecule has 0 spiro atoms. The van der Waals surface area contributed by atoms with Gasteiger partial charge in [-0.1, -0.05) is 136 Å². The minimum Gasteiger partial charge on any atom is -0.0795 e. The van der Waals surface area contributed by atoms with Crippen molar-refractivity contribution in [3.8, 4) is 0 Å². The molecule has 0 nitrogen and oxygen atoms in total. The molecule has 0 aromatic heterocycles. The smallest absolute Gasteiger partial charge is 0.00856 e. The third-order valence-electron chi connectivity index (χ3n) is 7.87. The van der Waals surface area contributed by atoms with Crippen LogP contribution >= 0.6 is 0 Å². The van der Waals surface area contributed by atoms with Crippen LogP contribution in [0, 0.1) is 13.8 Å². The predicted molar refractivity (Wildman–Crippen MR) is 175 cm³/mol. The summed E-state index contributed by atoms with van der Waals surface area (Å²) in [4.78, 5) is 0. The molecule has 3 aromatic carbocycles. The highest BCUT2D eigenvalue weighted by atomic mass is 14.1. The number of rotatable bonds is 11. The second-order valence-corrected chi connectivity index (χ2v) is 10.6. The van der Waals surface area contributed by atoms with Crippen LogP contribution in [0.25, 0.3) is 18.2 Å². The molecule has 0 saturated carbocycles. The molecule has 0 heteroatoms. The summed E-state index contributed by atoms with van der Waals surface area (Å²) in [5.74, 6) is 0.543. The van der Waals surface area contributed by atoms with E-state index in [0.717, 1.165) is 19.3 Å². The number of allylic oxidation sites excluding steroid dienone is 7. The zero-order valence-corrected chi connectivity index (χ0v) is 25.1. The van der Waals surface area contributed by atoms with Crippen molar-refractivity contribution in [1.29, 1.82) is 0 Å². The van der Waals surface area contributed by atoms with E-state index >= 15 is 0 Å². The molecule has 0 bridgehead atoms. The van der Waals surface area contributed by atoms with Gasteiger partial charge < -0.3 is 0 Å². The standard InChI is InChI=1S/C39H46/c1-8-29(3)37-23-15-14-21-36(37)26-25-33(7)38(24-16-22-34-19-12-10-17-31(34)5)39(30(4)9-2)28-27-35-20-13-11-18-32(35)6/h10-23,25-29H,8-9,24H2,1-7H3/b22-16-,26-25-,28-27-,38-33-,39-30+. The van der Waals surface area contributed by atoms with Gasteiger partial charge >= 0.3 is 0 Å². The topological polar surface area (TPSA) is 0 Å². The highest BCUT2D eigenvalue weighted by Gasteiger charge is 2.10. The first-order chi connectivity index (χ1) is 18.8. The largest absolute Gasteiger partial charge is 0.0795 e. The third kappa shape index (κ3) is 8.42. The van der Waals surface area contributed by atoms with E-state index in [9.17, 15) is 0 Å². The normalized spacial score (nSPS) is 14.2. The molecule has 1 unspecified atom stereocenters. The molecule has 0 heterocycles. The van der Waals surface area contributed by atoms with Crippen molar-refractivity contribution >= 4 is 18.2 Å². The van der Waals surface area contributed by atoms with Gasteiger partial charge in [-0.05, 0) is 103 Å². The van der Waals surface area contributed by atoms with E-state index in [2.05, 4.69) is 158 Å². The Labute approximate surface area is 238 Å². The van der Waals surface area contributed by atoms with Crippen molar-refractivity contribution in [1.82, 2.24) is 0 Å². The number of aryl methyl sites for hydroxylation is 2. The van der Waals surface area contributed by atoms with E-state index in [1.165, 1.54) is 55.7 Å². The van der Waals surface area contributed by atoms with Gasteiger partial charge in [-0.25, -0.2) is 0 Å². The van der Waals surface area contributed by atoms with Gasteiger partial charge in [-0.3, -0.25) is 0 Å². The van der Waals surface area contributed by atoms with Gasteiger partial charge in [-0.15, -0.1) is 0 Å². The minimum absolute atomic E-state index is 0.543. The zero-order valence-electron chi connectivity index (χ0n) is 25.1. The van der Waals surface area contributed by atoms with Crippen LogP contribution in [0.2, 0.25) is 0 Å². The Morgan fingerprint density at radius 3 is 1.82 bits per heavy atom. The van der Waals surface area contributed by atoms with Gasteiger partial charge in [-0.2, -0.15) is 0 Å². The van der Waals surface area contributed by atoms with Crippen LogP contribution in [0.15, 0.2) is 113 Å². The third-order valence-corrected chi connectivity index (χ3v) is 7.87. The molecular formula is C39H46. The van der Waals surface area contributed by atoms with E-state index < -0.39 is 0 Å². The van der Waals surface area contributed by atoms with E-state index in [4.69, 9.17) is 0 Å². The SMILES string of the molecule is CC/C(C)=C(\C=C/c1ccccc1C)C(/C/C=C\c1ccccc1C)=C(C)\C=C/c1ccccc1C(C)CC.